The summed E-state index contributed by atoms with van der Waals surface area (Å²) < 4.78 is 1.10. The van der Waals surface area contributed by atoms with Crippen LogP contribution in [0.4, 0.5) is 4.79 Å². The summed E-state index contributed by atoms with van der Waals surface area (Å²) in [5.74, 6) is -0.954. The van der Waals surface area contributed by atoms with E-state index in [1.807, 2.05) is 61.5 Å². The zero-order valence-corrected chi connectivity index (χ0v) is 21.6. The molecule has 3 aromatic rings. The molecule has 0 aliphatic carbocycles. The minimum atomic E-state index is -1.05. The molecule has 1 unspecified atom stereocenters. The molecule has 1 aliphatic rings. The molecular formula is C25H26IN5O5. The SMILES string of the molecule is C[C@@H](c1ccccc1)C(c1ncc(-c2ccc(I)cc2)[nH]1)N1C(=O)N[C@H](CC(=O)NOCCO)C1=O. The summed E-state index contributed by atoms with van der Waals surface area (Å²) in [7, 11) is 0. The molecule has 0 spiro atoms. The molecule has 188 valence electrons. The van der Waals surface area contributed by atoms with Crippen molar-refractivity contribution in [2.45, 2.75) is 31.3 Å². The number of halogens is 1. The molecular weight excluding hydrogens is 577 g/mol. The number of benzene rings is 2. The summed E-state index contributed by atoms with van der Waals surface area (Å²) in [5, 5.41) is 11.4. The van der Waals surface area contributed by atoms with Gasteiger partial charge in [-0.25, -0.2) is 15.3 Å². The molecule has 2 aromatic carbocycles. The maximum Gasteiger partial charge on any atom is 0.325 e. The molecule has 1 aromatic heterocycles. The van der Waals surface area contributed by atoms with Gasteiger partial charge in [0.15, 0.2) is 0 Å². The van der Waals surface area contributed by atoms with Gasteiger partial charge in [0.25, 0.3) is 5.91 Å². The van der Waals surface area contributed by atoms with Crippen LogP contribution in [0.3, 0.4) is 0 Å². The minimum absolute atomic E-state index is 0.0824. The third-order valence-electron chi connectivity index (χ3n) is 5.93. The number of nitrogens with zero attached hydrogens (tertiary/aromatic N) is 2. The van der Waals surface area contributed by atoms with Crippen molar-refractivity contribution in [3.8, 4) is 11.3 Å². The first-order valence-corrected chi connectivity index (χ1v) is 12.5. The van der Waals surface area contributed by atoms with E-state index in [0.29, 0.717) is 5.82 Å². The molecule has 0 saturated carbocycles. The first-order chi connectivity index (χ1) is 17.4. The number of aliphatic hydroxyl groups excluding tert-OH is 1. The number of hydrogen-bond donors (Lipinski definition) is 4. The van der Waals surface area contributed by atoms with Gasteiger partial charge in [-0.3, -0.25) is 19.3 Å². The van der Waals surface area contributed by atoms with E-state index >= 15 is 0 Å². The fourth-order valence-electron chi connectivity index (χ4n) is 4.14. The molecule has 0 radical (unpaired) electrons. The van der Waals surface area contributed by atoms with Crippen LogP contribution in [0.25, 0.3) is 11.3 Å². The molecule has 10 nitrogen and oxygen atoms in total. The highest BCUT2D eigenvalue weighted by molar-refractivity contribution is 14.1. The Kier molecular flexibility index (Phi) is 8.33. The van der Waals surface area contributed by atoms with Gasteiger partial charge in [0.05, 0.1) is 31.5 Å². The Balaban J connectivity index is 1.63. The number of rotatable bonds is 10. The lowest BCUT2D eigenvalue weighted by Gasteiger charge is -2.29. The van der Waals surface area contributed by atoms with E-state index < -0.39 is 29.9 Å². The molecule has 4 N–H and O–H groups in total. The third-order valence-corrected chi connectivity index (χ3v) is 6.65. The number of carbonyl (C=O) groups is 3. The van der Waals surface area contributed by atoms with E-state index in [1.165, 1.54) is 0 Å². The lowest BCUT2D eigenvalue weighted by Crippen LogP contribution is -2.39. The number of aromatic nitrogens is 2. The smallest absolute Gasteiger partial charge is 0.325 e. The van der Waals surface area contributed by atoms with Crippen molar-refractivity contribution in [2.75, 3.05) is 13.2 Å². The van der Waals surface area contributed by atoms with Gasteiger partial charge in [0.2, 0.25) is 5.91 Å². The van der Waals surface area contributed by atoms with E-state index in [2.05, 4.69) is 43.4 Å². The Morgan fingerprint density at radius 3 is 2.61 bits per heavy atom. The number of nitrogens with one attached hydrogen (secondary N) is 3. The van der Waals surface area contributed by atoms with Crippen LogP contribution in [0.15, 0.2) is 60.8 Å². The monoisotopic (exact) mass is 603 g/mol. The first kappa shape index (κ1) is 25.8. The van der Waals surface area contributed by atoms with Crippen LogP contribution in [-0.4, -0.2) is 57.1 Å². The zero-order valence-electron chi connectivity index (χ0n) is 19.5. The highest BCUT2D eigenvalue weighted by Gasteiger charge is 2.46. The molecule has 1 saturated heterocycles. The number of H-pyrrole nitrogens is 1. The molecule has 2 heterocycles. The second kappa shape index (κ2) is 11.6. The van der Waals surface area contributed by atoms with Crippen molar-refractivity contribution in [1.82, 2.24) is 25.7 Å². The van der Waals surface area contributed by atoms with Gasteiger partial charge in [-0.1, -0.05) is 49.4 Å². The number of aliphatic hydroxyl groups is 1. The van der Waals surface area contributed by atoms with Crippen molar-refractivity contribution in [1.29, 1.82) is 0 Å². The van der Waals surface area contributed by atoms with Gasteiger partial charge < -0.3 is 15.4 Å². The number of hydroxylamine groups is 1. The first-order valence-electron chi connectivity index (χ1n) is 11.4. The summed E-state index contributed by atoms with van der Waals surface area (Å²) >= 11 is 2.23. The minimum Gasteiger partial charge on any atom is -0.394 e. The molecule has 36 heavy (non-hydrogen) atoms. The van der Waals surface area contributed by atoms with Gasteiger partial charge >= 0.3 is 6.03 Å². The molecule has 1 aliphatic heterocycles. The topological polar surface area (TPSA) is 137 Å². The predicted molar refractivity (Wildman–Crippen MR) is 139 cm³/mol. The second-order valence-electron chi connectivity index (χ2n) is 8.34. The molecule has 11 heteroatoms. The quantitative estimate of drug-likeness (QED) is 0.122. The van der Waals surface area contributed by atoms with Gasteiger partial charge in [-0.05, 0) is 45.9 Å². The third kappa shape index (κ3) is 5.74. The fraction of sp³-hybridized carbons (Fsp3) is 0.280. The van der Waals surface area contributed by atoms with E-state index in [9.17, 15) is 14.4 Å². The van der Waals surface area contributed by atoms with E-state index in [1.54, 1.807) is 6.20 Å². The van der Waals surface area contributed by atoms with Gasteiger partial charge in [0.1, 0.15) is 17.9 Å². The number of aromatic amines is 1. The average Bonchev–Trinajstić information content (AvgIpc) is 3.46. The van der Waals surface area contributed by atoms with Gasteiger partial charge in [-0.2, -0.15) is 0 Å². The molecule has 3 atom stereocenters. The van der Waals surface area contributed by atoms with Crippen molar-refractivity contribution >= 4 is 40.4 Å². The molecule has 4 rings (SSSR count). The number of imide groups is 1. The Hall–Kier alpha value is -3.29. The van der Waals surface area contributed by atoms with E-state index in [-0.39, 0.29) is 25.6 Å². The standard InChI is InChI=1S/C25H26IN5O5/c1-15(16-5-3-2-4-6-16)22(23-27-14-20(28-23)17-7-9-18(26)10-8-17)31-24(34)19(29-25(31)35)13-21(33)30-36-12-11-32/h2-10,14-15,19,22,32H,11-13H2,1H3,(H,27,28)(H,29,35)(H,30,33)/t15-,19+,22?/m0/s1. The second-order valence-corrected chi connectivity index (χ2v) is 9.59. The molecule has 1 fully saturated rings. The Morgan fingerprint density at radius 2 is 1.92 bits per heavy atom. The lowest BCUT2D eigenvalue weighted by atomic mass is 9.91. The van der Waals surface area contributed by atoms with Crippen LogP contribution in [0.5, 0.6) is 0 Å². The van der Waals surface area contributed by atoms with E-state index in [0.717, 1.165) is 25.3 Å². The zero-order chi connectivity index (χ0) is 25.7. The normalized spacial score (nSPS) is 17.1. The highest BCUT2D eigenvalue weighted by Crippen LogP contribution is 2.37. The summed E-state index contributed by atoms with van der Waals surface area (Å²) in [6.07, 6.45) is 1.38. The van der Waals surface area contributed by atoms with Crippen molar-refractivity contribution in [2.24, 2.45) is 0 Å². The molecule has 4 amide bonds. The van der Waals surface area contributed by atoms with Gasteiger partial charge in [-0.15, -0.1) is 0 Å². The predicted octanol–water partition coefficient (Wildman–Crippen LogP) is 2.88. The average molecular weight is 603 g/mol. The highest BCUT2D eigenvalue weighted by atomic mass is 127. The Bertz CT molecular complexity index is 1220. The number of hydrogen-bond acceptors (Lipinski definition) is 6. The number of carbonyl (C=O) groups excluding carboxylic acids is 3. The summed E-state index contributed by atoms with van der Waals surface area (Å²) in [4.78, 5) is 52.4. The van der Waals surface area contributed by atoms with Crippen LogP contribution < -0.4 is 10.8 Å². The van der Waals surface area contributed by atoms with Crippen LogP contribution in [0, 0.1) is 3.57 Å². The van der Waals surface area contributed by atoms with Gasteiger partial charge in [0, 0.05) is 9.49 Å². The Morgan fingerprint density at radius 1 is 1.19 bits per heavy atom. The van der Waals surface area contributed by atoms with E-state index in [4.69, 9.17) is 9.94 Å². The maximum absolute atomic E-state index is 13.4. The number of amides is 4. The largest absolute Gasteiger partial charge is 0.394 e. The summed E-state index contributed by atoms with van der Waals surface area (Å²) in [5.41, 5.74) is 4.77. The molecule has 0 bridgehead atoms. The lowest BCUT2D eigenvalue weighted by molar-refractivity contribution is -0.138. The van der Waals surface area contributed by atoms with Crippen LogP contribution in [0.2, 0.25) is 0 Å². The number of imidazole rings is 1. The van der Waals surface area contributed by atoms with Crippen molar-refractivity contribution < 1.29 is 24.3 Å². The Labute approximate surface area is 221 Å². The van der Waals surface area contributed by atoms with Crippen LogP contribution in [0.1, 0.15) is 36.7 Å². The summed E-state index contributed by atoms with van der Waals surface area (Å²) in [6, 6.07) is 15.1. The fourth-order valence-corrected chi connectivity index (χ4v) is 4.50. The maximum atomic E-state index is 13.4. The summed E-state index contributed by atoms with van der Waals surface area (Å²) in [6.45, 7) is 1.58. The number of urea groups is 1. The van der Waals surface area contributed by atoms with Crippen molar-refractivity contribution in [3.63, 3.8) is 0 Å². The van der Waals surface area contributed by atoms with Crippen LogP contribution in [-0.2, 0) is 14.4 Å². The van der Waals surface area contributed by atoms with Crippen LogP contribution >= 0.6 is 22.6 Å². The van der Waals surface area contributed by atoms with Crippen molar-refractivity contribution in [3.05, 3.63) is 75.8 Å².